The van der Waals surface area contributed by atoms with E-state index in [1.54, 1.807) is 12.1 Å². The fraction of sp³-hybridized carbons (Fsp3) is 0.562. The first-order chi connectivity index (χ1) is 10.7. The van der Waals surface area contributed by atoms with E-state index in [9.17, 15) is 9.18 Å². The first kappa shape index (κ1) is 16.7. The molecule has 1 heterocycles. The fourth-order valence-corrected chi connectivity index (χ4v) is 2.51. The van der Waals surface area contributed by atoms with Crippen LogP contribution < -0.4 is 10.2 Å². The molecule has 0 aromatic heterocycles. The second kappa shape index (κ2) is 8.70. The minimum atomic E-state index is -0.346. The first-order valence-electron chi connectivity index (χ1n) is 7.73. The molecule has 1 aliphatic heterocycles. The van der Waals surface area contributed by atoms with Crippen molar-refractivity contribution in [2.75, 3.05) is 44.4 Å². The summed E-state index contributed by atoms with van der Waals surface area (Å²) < 4.78 is 19.2. The van der Waals surface area contributed by atoms with Crippen LogP contribution in [0.1, 0.15) is 29.6 Å². The van der Waals surface area contributed by atoms with E-state index in [4.69, 9.17) is 9.84 Å². The van der Waals surface area contributed by atoms with E-state index in [1.165, 1.54) is 6.07 Å². The number of nitrogens with one attached hydrogen (secondary N) is 1. The van der Waals surface area contributed by atoms with Crippen LogP contribution in [-0.2, 0) is 4.74 Å². The molecule has 1 saturated heterocycles. The Kier molecular flexibility index (Phi) is 6.61. The lowest BCUT2D eigenvalue weighted by molar-refractivity contribution is 0.0867. The molecule has 6 heteroatoms. The van der Waals surface area contributed by atoms with Crippen molar-refractivity contribution in [3.05, 3.63) is 29.6 Å². The van der Waals surface area contributed by atoms with Gasteiger partial charge in [-0.1, -0.05) is 0 Å². The second-order valence-corrected chi connectivity index (χ2v) is 5.31. The minimum absolute atomic E-state index is 0.00496. The number of hydrogen-bond acceptors (Lipinski definition) is 4. The summed E-state index contributed by atoms with van der Waals surface area (Å²) in [6, 6.07) is 4.64. The van der Waals surface area contributed by atoms with E-state index < -0.39 is 0 Å². The molecule has 0 saturated carbocycles. The molecule has 1 aromatic carbocycles. The zero-order valence-electron chi connectivity index (χ0n) is 12.7. The van der Waals surface area contributed by atoms with Gasteiger partial charge in [-0.15, -0.1) is 0 Å². The van der Waals surface area contributed by atoms with Crippen LogP contribution in [0.2, 0.25) is 0 Å². The van der Waals surface area contributed by atoms with Gasteiger partial charge in [-0.3, -0.25) is 4.79 Å². The van der Waals surface area contributed by atoms with Crippen molar-refractivity contribution < 1.29 is 19.0 Å². The Balaban J connectivity index is 1.81. The third-order valence-corrected chi connectivity index (χ3v) is 3.64. The summed E-state index contributed by atoms with van der Waals surface area (Å²) in [6.07, 6.45) is 2.82. The Hall–Kier alpha value is -1.66. The number of ether oxygens (including phenoxy) is 1. The summed E-state index contributed by atoms with van der Waals surface area (Å²) in [7, 11) is 0. The maximum atomic E-state index is 14.1. The highest BCUT2D eigenvalue weighted by molar-refractivity contribution is 5.94. The fourth-order valence-electron chi connectivity index (χ4n) is 2.51. The van der Waals surface area contributed by atoms with Crippen molar-refractivity contribution in [1.29, 1.82) is 0 Å². The van der Waals surface area contributed by atoms with Crippen molar-refractivity contribution in [2.24, 2.45) is 0 Å². The average molecular weight is 310 g/mol. The topological polar surface area (TPSA) is 61.8 Å². The van der Waals surface area contributed by atoms with Gasteiger partial charge in [0.25, 0.3) is 5.91 Å². The molecule has 1 aliphatic rings. The summed E-state index contributed by atoms with van der Waals surface area (Å²) in [5.74, 6) is -0.630. The number of carbonyl (C=O) groups excluding carboxylic acids is 1. The number of halogens is 1. The second-order valence-electron chi connectivity index (χ2n) is 5.31. The molecule has 1 amide bonds. The Morgan fingerprint density at radius 3 is 2.77 bits per heavy atom. The summed E-state index contributed by atoms with van der Waals surface area (Å²) in [5.41, 5.74) is 0.906. The molecular formula is C16H23FN2O3. The minimum Gasteiger partial charge on any atom is -0.394 e. The van der Waals surface area contributed by atoms with Gasteiger partial charge in [-0.2, -0.15) is 0 Å². The van der Waals surface area contributed by atoms with Crippen molar-refractivity contribution >= 4 is 11.6 Å². The summed E-state index contributed by atoms with van der Waals surface area (Å²) in [5, 5.41) is 11.3. The number of nitrogens with zero attached hydrogens (tertiary/aromatic N) is 1. The lowest BCUT2D eigenvalue weighted by atomic mass is 10.1. The van der Waals surface area contributed by atoms with Gasteiger partial charge in [0.05, 0.1) is 18.9 Å². The van der Waals surface area contributed by atoms with Gasteiger partial charge in [0, 0.05) is 31.8 Å². The van der Waals surface area contributed by atoms with Crippen molar-refractivity contribution in [3.63, 3.8) is 0 Å². The maximum Gasteiger partial charge on any atom is 0.251 e. The van der Waals surface area contributed by atoms with Gasteiger partial charge in [0.1, 0.15) is 5.82 Å². The number of aliphatic hydroxyl groups is 1. The van der Waals surface area contributed by atoms with Gasteiger partial charge >= 0.3 is 0 Å². The summed E-state index contributed by atoms with van der Waals surface area (Å²) in [4.78, 5) is 14.0. The zero-order chi connectivity index (χ0) is 15.8. The van der Waals surface area contributed by atoms with Crippen molar-refractivity contribution in [1.82, 2.24) is 5.32 Å². The van der Waals surface area contributed by atoms with Crippen LogP contribution in [-0.4, -0.2) is 50.5 Å². The number of aliphatic hydroxyl groups excluding tert-OH is 1. The van der Waals surface area contributed by atoms with Crippen LogP contribution in [0, 0.1) is 5.82 Å². The van der Waals surface area contributed by atoms with E-state index in [0.29, 0.717) is 37.4 Å². The van der Waals surface area contributed by atoms with Crippen LogP contribution >= 0.6 is 0 Å². The Bertz CT molecular complexity index is 490. The molecule has 0 spiro atoms. The largest absolute Gasteiger partial charge is 0.394 e. The molecule has 0 radical (unpaired) electrons. The highest BCUT2D eigenvalue weighted by Crippen LogP contribution is 2.24. The molecule has 2 N–H and O–H groups in total. The number of benzene rings is 1. The maximum absolute atomic E-state index is 14.1. The highest BCUT2D eigenvalue weighted by atomic mass is 19.1. The van der Waals surface area contributed by atoms with Crippen LogP contribution in [0.4, 0.5) is 10.1 Å². The number of rotatable bonds is 8. The number of amides is 1. The standard InChI is InChI=1S/C16H23FN2O3/c17-14-12-13(4-5-15(14)19-7-1-2-8-19)16(21)18-6-3-10-22-11-9-20/h4-5,12,20H,1-3,6-11H2,(H,18,21). The lowest BCUT2D eigenvalue weighted by Crippen LogP contribution is -2.26. The molecule has 0 bridgehead atoms. The van der Waals surface area contributed by atoms with E-state index in [1.807, 2.05) is 4.90 Å². The van der Waals surface area contributed by atoms with Gasteiger partial charge in [0.2, 0.25) is 0 Å². The number of carbonyl (C=O) groups is 1. The molecule has 0 aliphatic carbocycles. The van der Waals surface area contributed by atoms with Crippen LogP contribution in [0.15, 0.2) is 18.2 Å². The number of hydrogen-bond donors (Lipinski definition) is 2. The van der Waals surface area contributed by atoms with Gasteiger partial charge in [0.15, 0.2) is 0 Å². The van der Waals surface area contributed by atoms with Crippen molar-refractivity contribution in [2.45, 2.75) is 19.3 Å². The third-order valence-electron chi connectivity index (χ3n) is 3.64. The molecule has 0 atom stereocenters. The van der Waals surface area contributed by atoms with Crippen LogP contribution in [0.25, 0.3) is 0 Å². The van der Waals surface area contributed by atoms with E-state index in [0.717, 1.165) is 25.9 Å². The van der Waals surface area contributed by atoms with Gasteiger partial charge < -0.3 is 20.1 Å². The molecule has 1 aromatic rings. The molecule has 22 heavy (non-hydrogen) atoms. The van der Waals surface area contributed by atoms with E-state index >= 15 is 0 Å². The summed E-state index contributed by atoms with van der Waals surface area (Å²) in [6.45, 7) is 2.97. The first-order valence-corrected chi connectivity index (χ1v) is 7.73. The molecule has 122 valence electrons. The lowest BCUT2D eigenvalue weighted by Gasteiger charge is -2.18. The SMILES string of the molecule is O=C(NCCCOCCO)c1ccc(N2CCCC2)c(F)c1. The van der Waals surface area contributed by atoms with Crippen LogP contribution in [0.3, 0.4) is 0 Å². The van der Waals surface area contributed by atoms with E-state index in [-0.39, 0.29) is 18.3 Å². The quantitative estimate of drug-likeness (QED) is 0.715. The van der Waals surface area contributed by atoms with Crippen LogP contribution in [0.5, 0.6) is 0 Å². The third kappa shape index (κ3) is 4.68. The molecular weight excluding hydrogens is 287 g/mol. The van der Waals surface area contributed by atoms with Gasteiger partial charge in [-0.05, 0) is 37.5 Å². The molecule has 1 fully saturated rings. The number of anilines is 1. The highest BCUT2D eigenvalue weighted by Gasteiger charge is 2.17. The van der Waals surface area contributed by atoms with Crippen molar-refractivity contribution in [3.8, 4) is 0 Å². The Morgan fingerprint density at radius 1 is 1.32 bits per heavy atom. The average Bonchev–Trinajstić information content (AvgIpc) is 3.04. The smallest absolute Gasteiger partial charge is 0.251 e. The Morgan fingerprint density at radius 2 is 2.09 bits per heavy atom. The Labute approximate surface area is 130 Å². The predicted octanol–water partition coefficient (Wildman–Crippen LogP) is 1.55. The normalized spacial score (nSPS) is 14.4. The van der Waals surface area contributed by atoms with Gasteiger partial charge in [-0.25, -0.2) is 4.39 Å². The molecule has 0 unspecified atom stereocenters. The zero-order valence-corrected chi connectivity index (χ0v) is 12.7. The summed E-state index contributed by atoms with van der Waals surface area (Å²) >= 11 is 0. The molecule has 5 nitrogen and oxygen atoms in total. The van der Waals surface area contributed by atoms with E-state index in [2.05, 4.69) is 5.32 Å². The predicted molar refractivity (Wildman–Crippen MR) is 82.7 cm³/mol. The molecule has 2 rings (SSSR count). The monoisotopic (exact) mass is 310 g/mol.